The van der Waals surface area contributed by atoms with Crippen LogP contribution in [0.15, 0.2) is 47.6 Å². The van der Waals surface area contributed by atoms with Gasteiger partial charge < -0.3 is 16.0 Å². The van der Waals surface area contributed by atoms with Crippen molar-refractivity contribution in [3.05, 3.63) is 58.9 Å². The van der Waals surface area contributed by atoms with Crippen LogP contribution in [0.25, 0.3) is 0 Å². The molecule has 0 saturated carbocycles. The first-order valence-corrected chi connectivity index (χ1v) is 9.88. The summed E-state index contributed by atoms with van der Waals surface area (Å²) >= 11 is 5.81. The summed E-state index contributed by atoms with van der Waals surface area (Å²) in [4.78, 5) is 20.5. The van der Waals surface area contributed by atoms with Crippen molar-refractivity contribution >= 4 is 29.2 Å². The Morgan fingerprint density at radius 3 is 2.43 bits per heavy atom. The number of guanidine groups is 1. The SMILES string of the molecule is CCNC(=NCc1ccc(NC(=O)C(C)C)cc1)NCCc1ccc(Cl)nc1. The van der Waals surface area contributed by atoms with Gasteiger partial charge in [-0.2, -0.15) is 0 Å². The van der Waals surface area contributed by atoms with Crippen molar-refractivity contribution in [1.29, 1.82) is 0 Å². The van der Waals surface area contributed by atoms with Crippen LogP contribution in [0.3, 0.4) is 0 Å². The number of nitrogens with one attached hydrogen (secondary N) is 3. The van der Waals surface area contributed by atoms with E-state index in [4.69, 9.17) is 11.6 Å². The van der Waals surface area contributed by atoms with E-state index in [0.29, 0.717) is 11.7 Å². The molecule has 1 amide bonds. The average Bonchev–Trinajstić information content (AvgIpc) is 2.68. The number of halogens is 1. The first-order valence-electron chi connectivity index (χ1n) is 9.50. The van der Waals surface area contributed by atoms with Crippen molar-refractivity contribution < 1.29 is 4.79 Å². The molecule has 2 aromatic rings. The summed E-state index contributed by atoms with van der Waals surface area (Å²) < 4.78 is 0. The second-order valence-electron chi connectivity index (χ2n) is 6.70. The van der Waals surface area contributed by atoms with E-state index < -0.39 is 0 Å². The number of benzene rings is 1. The van der Waals surface area contributed by atoms with Crippen molar-refractivity contribution in [3.63, 3.8) is 0 Å². The van der Waals surface area contributed by atoms with Crippen LogP contribution in [0.2, 0.25) is 5.15 Å². The predicted octanol–water partition coefficient (Wildman–Crippen LogP) is 3.63. The maximum Gasteiger partial charge on any atom is 0.226 e. The minimum Gasteiger partial charge on any atom is -0.357 e. The minimum atomic E-state index is -0.0401. The molecule has 0 fully saturated rings. The van der Waals surface area contributed by atoms with Crippen LogP contribution >= 0.6 is 11.6 Å². The molecule has 6 nitrogen and oxygen atoms in total. The predicted molar refractivity (Wildman–Crippen MR) is 116 cm³/mol. The van der Waals surface area contributed by atoms with Gasteiger partial charge >= 0.3 is 0 Å². The largest absolute Gasteiger partial charge is 0.357 e. The number of rotatable bonds is 8. The van der Waals surface area contributed by atoms with Gasteiger partial charge in [0.05, 0.1) is 6.54 Å². The quantitative estimate of drug-likeness (QED) is 0.358. The Bertz CT molecular complexity index is 772. The molecule has 7 heteroatoms. The lowest BCUT2D eigenvalue weighted by atomic mass is 10.2. The topological polar surface area (TPSA) is 78.4 Å². The molecule has 0 aliphatic carbocycles. The highest BCUT2D eigenvalue weighted by atomic mass is 35.5. The van der Waals surface area contributed by atoms with Gasteiger partial charge in [-0.25, -0.2) is 9.98 Å². The Kier molecular flexibility index (Phi) is 8.75. The van der Waals surface area contributed by atoms with Crippen LogP contribution in [0, 0.1) is 5.92 Å². The lowest BCUT2D eigenvalue weighted by Gasteiger charge is -2.11. The molecule has 1 aromatic carbocycles. The highest BCUT2D eigenvalue weighted by Gasteiger charge is 2.06. The molecule has 0 aliphatic rings. The van der Waals surface area contributed by atoms with Crippen LogP contribution in [0.5, 0.6) is 0 Å². The highest BCUT2D eigenvalue weighted by molar-refractivity contribution is 6.29. The zero-order chi connectivity index (χ0) is 20.4. The summed E-state index contributed by atoms with van der Waals surface area (Å²) in [5, 5.41) is 9.96. The Hall–Kier alpha value is -2.60. The maximum absolute atomic E-state index is 11.7. The molecule has 3 N–H and O–H groups in total. The third-order valence-corrected chi connectivity index (χ3v) is 4.23. The van der Waals surface area contributed by atoms with Crippen molar-refractivity contribution in [2.75, 3.05) is 18.4 Å². The lowest BCUT2D eigenvalue weighted by Crippen LogP contribution is -2.38. The molecule has 0 radical (unpaired) electrons. The van der Waals surface area contributed by atoms with Crippen LogP contribution in [-0.4, -0.2) is 29.9 Å². The van der Waals surface area contributed by atoms with E-state index in [2.05, 4.69) is 25.9 Å². The van der Waals surface area contributed by atoms with Gasteiger partial charge in [0.2, 0.25) is 5.91 Å². The molecule has 1 heterocycles. The molecule has 0 spiro atoms. The van der Waals surface area contributed by atoms with Gasteiger partial charge in [-0.05, 0) is 42.7 Å². The van der Waals surface area contributed by atoms with E-state index in [9.17, 15) is 4.79 Å². The molecule has 150 valence electrons. The Morgan fingerprint density at radius 2 is 1.82 bits per heavy atom. The smallest absolute Gasteiger partial charge is 0.226 e. The van der Waals surface area contributed by atoms with Gasteiger partial charge in [0.1, 0.15) is 5.15 Å². The number of aromatic nitrogens is 1. The molecule has 28 heavy (non-hydrogen) atoms. The lowest BCUT2D eigenvalue weighted by molar-refractivity contribution is -0.118. The summed E-state index contributed by atoms with van der Waals surface area (Å²) in [6.45, 7) is 7.86. The highest BCUT2D eigenvalue weighted by Crippen LogP contribution is 2.12. The Morgan fingerprint density at radius 1 is 1.11 bits per heavy atom. The molecule has 2 rings (SSSR count). The first kappa shape index (κ1) is 21.7. The van der Waals surface area contributed by atoms with Crippen molar-refractivity contribution in [1.82, 2.24) is 15.6 Å². The van der Waals surface area contributed by atoms with Gasteiger partial charge in [0, 0.05) is 30.9 Å². The van der Waals surface area contributed by atoms with Crippen molar-refractivity contribution in [2.24, 2.45) is 10.9 Å². The summed E-state index contributed by atoms with van der Waals surface area (Å²) in [6, 6.07) is 11.5. The number of pyridine rings is 1. The standard InChI is InChI=1S/C21H28ClN5O/c1-4-23-21(24-12-11-17-7-10-19(22)25-13-17)26-14-16-5-8-18(9-6-16)27-20(28)15(2)3/h5-10,13,15H,4,11-12,14H2,1-3H3,(H,27,28)(H2,23,24,26). The second-order valence-corrected chi connectivity index (χ2v) is 7.09. The minimum absolute atomic E-state index is 0.0142. The first-order chi connectivity index (χ1) is 13.5. The Labute approximate surface area is 171 Å². The third-order valence-electron chi connectivity index (χ3n) is 4.00. The number of carbonyl (C=O) groups is 1. The summed E-state index contributed by atoms with van der Waals surface area (Å²) in [6.07, 6.45) is 2.62. The molecule has 1 aromatic heterocycles. The van der Waals surface area contributed by atoms with E-state index in [0.717, 1.165) is 42.3 Å². The van der Waals surface area contributed by atoms with Crippen molar-refractivity contribution in [2.45, 2.75) is 33.7 Å². The fraction of sp³-hybridized carbons (Fsp3) is 0.381. The molecule has 0 atom stereocenters. The average molecular weight is 402 g/mol. The van der Waals surface area contributed by atoms with Gasteiger partial charge in [-0.15, -0.1) is 0 Å². The number of aliphatic imine (C=N–C) groups is 1. The number of hydrogen-bond acceptors (Lipinski definition) is 3. The number of anilines is 1. The molecular weight excluding hydrogens is 374 g/mol. The van der Waals surface area contributed by atoms with Gasteiger partial charge in [-0.1, -0.05) is 43.6 Å². The van der Waals surface area contributed by atoms with E-state index >= 15 is 0 Å². The normalized spacial score (nSPS) is 11.4. The van der Waals surface area contributed by atoms with Crippen molar-refractivity contribution in [3.8, 4) is 0 Å². The van der Waals surface area contributed by atoms with Gasteiger partial charge in [0.25, 0.3) is 0 Å². The monoisotopic (exact) mass is 401 g/mol. The summed E-state index contributed by atoms with van der Waals surface area (Å²) in [5.74, 6) is 0.739. The number of amides is 1. The van der Waals surface area contributed by atoms with Crippen LogP contribution in [0.4, 0.5) is 5.69 Å². The maximum atomic E-state index is 11.7. The molecule has 0 saturated heterocycles. The van der Waals surface area contributed by atoms with Crippen LogP contribution < -0.4 is 16.0 Å². The van der Waals surface area contributed by atoms with Crippen LogP contribution in [0.1, 0.15) is 31.9 Å². The zero-order valence-corrected chi connectivity index (χ0v) is 17.4. The third kappa shape index (κ3) is 7.56. The fourth-order valence-corrected chi connectivity index (χ4v) is 2.48. The number of carbonyl (C=O) groups excluding carboxylic acids is 1. The van der Waals surface area contributed by atoms with Gasteiger partial charge in [-0.3, -0.25) is 4.79 Å². The van der Waals surface area contributed by atoms with Crippen LogP contribution in [-0.2, 0) is 17.8 Å². The molecule has 0 unspecified atom stereocenters. The second kappa shape index (κ2) is 11.3. The number of hydrogen-bond donors (Lipinski definition) is 3. The fourth-order valence-electron chi connectivity index (χ4n) is 2.37. The number of nitrogens with zero attached hydrogens (tertiary/aromatic N) is 2. The molecule has 0 aliphatic heterocycles. The molecular formula is C21H28ClN5O. The molecule has 0 bridgehead atoms. The summed E-state index contributed by atoms with van der Waals surface area (Å²) in [7, 11) is 0. The van der Waals surface area contributed by atoms with E-state index in [1.165, 1.54) is 0 Å². The Balaban J connectivity index is 1.87. The zero-order valence-electron chi connectivity index (χ0n) is 16.6. The van der Waals surface area contributed by atoms with E-state index in [1.54, 1.807) is 12.3 Å². The van der Waals surface area contributed by atoms with Gasteiger partial charge in [0.15, 0.2) is 5.96 Å². The van der Waals surface area contributed by atoms with E-state index in [-0.39, 0.29) is 11.8 Å². The van der Waals surface area contributed by atoms with E-state index in [1.807, 2.05) is 51.1 Å². The summed E-state index contributed by atoms with van der Waals surface area (Å²) in [5.41, 5.74) is 2.99.